The Hall–Kier alpha value is -2.30. The second-order valence-electron chi connectivity index (χ2n) is 9.50. The number of hydrogen-bond donors (Lipinski definition) is 4. The molecule has 0 unspecified atom stereocenters. The van der Waals surface area contributed by atoms with Gasteiger partial charge in [-0.1, -0.05) is 77.6 Å². The number of ether oxygens (including phenoxy) is 1. The molecule has 0 radical (unpaired) electrons. The van der Waals surface area contributed by atoms with Crippen molar-refractivity contribution in [2.24, 2.45) is 0 Å². The van der Waals surface area contributed by atoms with Gasteiger partial charge >= 0.3 is 5.56 Å². The monoisotopic (exact) mass is 491 g/mol. The van der Waals surface area contributed by atoms with Crippen LogP contribution in [0.3, 0.4) is 0 Å². The zero-order valence-corrected chi connectivity index (χ0v) is 20.9. The third-order valence-electron chi connectivity index (χ3n) is 6.67. The average Bonchev–Trinajstić information content (AvgIpc) is 3.42. The molecule has 0 aromatic carbocycles. The number of aromatic nitrogens is 4. The number of nitrogens with zero attached hydrogens (tertiary/aromatic N) is 3. The van der Waals surface area contributed by atoms with Gasteiger partial charge in [-0.05, 0) is 6.42 Å². The van der Waals surface area contributed by atoms with E-state index in [0.29, 0.717) is 6.54 Å². The second-order valence-corrected chi connectivity index (χ2v) is 9.50. The largest absolute Gasteiger partial charge is 0.394 e. The molecule has 0 amide bonds. The van der Waals surface area contributed by atoms with Crippen LogP contribution in [0.25, 0.3) is 11.0 Å². The number of H-pyrrole nitrogens is 1. The molecular formula is C25H41N5O5. The van der Waals surface area contributed by atoms with E-state index in [4.69, 9.17) is 4.74 Å². The van der Waals surface area contributed by atoms with E-state index < -0.39 is 29.6 Å². The van der Waals surface area contributed by atoms with Gasteiger partial charge in [-0.2, -0.15) is 4.98 Å². The normalized spacial score (nSPS) is 20.0. The Bertz CT molecular complexity index is 1020. The molecule has 10 heteroatoms. The minimum absolute atomic E-state index is 0.0386. The van der Waals surface area contributed by atoms with E-state index in [1.807, 2.05) is 0 Å². The van der Waals surface area contributed by atoms with E-state index in [0.717, 1.165) is 12.8 Å². The predicted octanol–water partition coefficient (Wildman–Crippen LogP) is 3.23. The molecule has 0 aliphatic carbocycles. The van der Waals surface area contributed by atoms with Crippen molar-refractivity contribution in [3.8, 4) is 0 Å². The molecule has 0 spiro atoms. The summed E-state index contributed by atoms with van der Waals surface area (Å²) in [5.41, 5.74) is -1.16. The lowest BCUT2D eigenvalue weighted by atomic mass is 10.1. The van der Waals surface area contributed by atoms with Crippen LogP contribution >= 0.6 is 0 Å². The Balaban J connectivity index is 1.44. The highest BCUT2D eigenvalue weighted by molar-refractivity contribution is 5.73. The number of hydrogen-bond acceptors (Lipinski definition) is 8. The predicted molar refractivity (Wildman–Crippen MR) is 136 cm³/mol. The molecule has 2 aromatic heterocycles. The van der Waals surface area contributed by atoms with E-state index in [1.54, 1.807) is 0 Å². The van der Waals surface area contributed by atoms with Gasteiger partial charge in [-0.3, -0.25) is 19.1 Å². The van der Waals surface area contributed by atoms with Gasteiger partial charge in [0.25, 0.3) is 5.56 Å². The van der Waals surface area contributed by atoms with Crippen LogP contribution in [0.5, 0.6) is 0 Å². The van der Waals surface area contributed by atoms with Crippen LogP contribution in [0, 0.1) is 0 Å². The summed E-state index contributed by atoms with van der Waals surface area (Å²) in [6.07, 6.45) is 14.3. The Labute approximate surface area is 206 Å². The van der Waals surface area contributed by atoms with Crippen LogP contribution < -0.4 is 16.4 Å². The fourth-order valence-corrected chi connectivity index (χ4v) is 4.62. The van der Waals surface area contributed by atoms with Crippen molar-refractivity contribution in [2.45, 2.75) is 109 Å². The molecule has 4 N–H and O–H groups in total. The maximum absolute atomic E-state index is 12.9. The SMILES string of the molecule is CCCCCCCCCCCCCCNc1nc(=O)c2ncn([C@@H]3C[C@H](O)[C@@H](CO)O3)c2c(=O)[nH]1. The van der Waals surface area contributed by atoms with E-state index in [9.17, 15) is 19.8 Å². The van der Waals surface area contributed by atoms with E-state index in [-0.39, 0.29) is 30.0 Å². The number of rotatable bonds is 16. The van der Waals surface area contributed by atoms with Crippen molar-refractivity contribution in [1.29, 1.82) is 0 Å². The number of unbranched alkanes of at least 4 members (excludes halogenated alkanes) is 11. The van der Waals surface area contributed by atoms with Crippen LogP contribution in [-0.2, 0) is 4.74 Å². The summed E-state index contributed by atoms with van der Waals surface area (Å²) < 4.78 is 7.04. The van der Waals surface area contributed by atoms with Gasteiger partial charge in [0.1, 0.15) is 17.8 Å². The third kappa shape index (κ3) is 7.85. The zero-order chi connectivity index (χ0) is 25.0. The smallest absolute Gasteiger partial charge is 0.301 e. The van der Waals surface area contributed by atoms with Crippen molar-refractivity contribution in [3.05, 3.63) is 27.0 Å². The first kappa shape index (κ1) is 27.3. The molecule has 1 saturated heterocycles. The summed E-state index contributed by atoms with van der Waals surface area (Å²) in [6.45, 7) is 2.52. The fourth-order valence-electron chi connectivity index (χ4n) is 4.62. The number of aromatic amines is 1. The summed E-state index contributed by atoms with van der Waals surface area (Å²) in [5, 5.41) is 22.4. The summed E-state index contributed by atoms with van der Waals surface area (Å²) >= 11 is 0. The van der Waals surface area contributed by atoms with Gasteiger partial charge in [0.15, 0.2) is 5.52 Å². The van der Waals surface area contributed by atoms with Crippen LogP contribution in [-0.4, -0.2) is 55.1 Å². The van der Waals surface area contributed by atoms with Crippen LogP contribution in [0.15, 0.2) is 15.9 Å². The van der Waals surface area contributed by atoms with Gasteiger partial charge in [0.05, 0.1) is 19.0 Å². The summed E-state index contributed by atoms with van der Waals surface area (Å²) in [7, 11) is 0. The molecular weight excluding hydrogens is 450 g/mol. The van der Waals surface area contributed by atoms with Crippen molar-refractivity contribution in [1.82, 2.24) is 19.5 Å². The number of fused-ring (bicyclic) bond motifs is 1. The summed E-state index contributed by atoms with van der Waals surface area (Å²) in [5.74, 6) is 0.119. The maximum atomic E-state index is 12.9. The zero-order valence-electron chi connectivity index (χ0n) is 20.9. The van der Waals surface area contributed by atoms with Crippen LogP contribution in [0.2, 0.25) is 0 Å². The molecule has 35 heavy (non-hydrogen) atoms. The van der Waals surface area contributed by atoms with Gasteiger partial charge in [0.2, 0.25) is 5.95 Å². The highest BCUT2D eigenvalue weighted by atomic mass is 16.5. The van der Waals surface area contributed by atoms with Crippen molar-refractivity contribution >= 4 is 17.0 Å². The molecule has 0 saturated carbocycles. The highest BCUT2D eigenvalue weighted by Crippen LogP contribution is 2.29. The van der Waals surface area contributed by atoms with Crippen LogP contribution in [0.1, 0.15) is 96.6 Å². The Morgan fingerprint density at radius 1 is 1.06 bits per heavy atom. The van der Waals surface area contributed by atoms with Gasteiger partial charge < -0.3 is 20.3 Å². The molecule has 3 heterocycles. The molecule has 1 aliphatic heterocycles. The Morgan fingerprint density at radius 3 is 2.29 bits per heavy atom. The van der Waals surface area contributed by atoms with Crippen molar-refractivity contribution in [2.75, 3.05) is 18.5 Å². The van der Waals surface area contributed by atoms with Gasteiger partial charge in [-0.25, -0.2) is 4.98 Å². The summed E-state index contributed by atoms with van der Waals surface area (Å²) in [4.78, 5) is 36.1. The van der Waals surface area contributed by atoms with E-state index >= 15 is 0 Å². The topological polar surface area (TPSA) is 142 Å². The number of anilines is 1. The molecule has 0 bridgehead atoms. The van der Waals surface area contributed by atoms with Crippen molar-refractivity contribution < 1.29 is 14.9 Å². The van der Waals surface area contributed by atoms with Crippen LogP contribution in [0.4, 0.5) is 5.95 Å². The lowest BCUT2D eigenvalue weighted by Crippen LogP contribution is -2.24. The quantitative estimate of drug-likeness (QED) is 0.262. The van der Waals surface area contributed by atoms with E-state index in [2.05, 4.69) is 27.2 Å². The Morgan fingerprint density at radius 2 is 1.69 bits per heavy atom. The average molecular weight is 492 g/mol. The first-order valence-electron chi connectivity index (χ1n) is 13.2. The van der Waals surface area contributed by atoms with Gasteiger partial charge in [0, 0.05) is 13.0 Å². The fraction of sp³-hybridized carbons (Fsp3) is 0.760. The molecule has 1 aliphatic rings. The van der Waals surface area contributed by atoms with Crippen molar-refractivity contribution in [3.63, 3.8) is 0 Å². The second kappa shape index (κ2) is 14.3. The molecule has 3 rings (SSSR count). The molecule has 196 valence electrons. The maximum Gasteiger partial charge on any atom is 0.301 e. The minimum Gasteiger partial charge on any atom is -0.394 e. The third-order valence-corrected chi connectivity index (χ3v) is 6.67. The number of aliphatic hydroxyl groups excluding tert-OH is 2. The van der Waals surface area contributed by atoms with E-state index in [1.165, 1.54) is 75.1 Å². The molecule has 2 aromatic rings. The molecule has 10 nitrogen and oxygen atoms in total. The lowest BCUT2D eigenvalue weighted by molar-refractivity contribution is -0.0431. The number of imidazole rings is 1. The Kier molecular flexibility index (Phi) is 11.2. The minimum atomic E-state index is -0.864. The standard InChI is InChI=1S/C25H41N5O5/c1-2-3-4-5-6-7-8-9-10-11-12-13-14-26-25-28-23(33)21-22(24(34)29-25)30(17-27-21)20-15-18(32)19(16-31)35-20/h17-20,31-32H,2-16H2,1H3,(H2,26,28,29,33,34)/t18-,19+,20-/m0/s1. The highest BCUT2D eigenvalue weighted by Gasteiger charge is 2.35. The van der Waals surface area contributed by atoms with Gasteiger partial charge in [-0.15, -0.1) is 0 Å². The number of aliphatic hydroxyl groups is 2. The molecule has 1 fully saturated rings. The lowest BCUT2D eigenvalue weighted by Gasteiger charge is -2.13. The number of nitrogens with one attached hydrogen (secondary N) is 2. The first-order valence-corrected chi connectivity index (χ1v) is 13.2. The summed E-state index contributed by atoms with van der Waals surface area (Å²) in [6, 6.07) is 0. The molecule has 3 atom stereocenters. The first-order chi connectivity index (χ1) is 17.0.